The Morgan fingerprint density at radius 3 is 2.68 bits per heavy atom. The van der Waals surface area contributed by atoms with Gasteiger partial charge in [0.05, 0.1) is 23.9 Å². The Labute approximate surface area is 226 Å². The second-order valence-electron chi connectivity index (χ2n) is 11.2. The SMILES string of the molecule is CC[C@H]1Cc2cccnc2CN(Cc2cc([C@](C)(OCc3cn(CC)nn3)C(C)(C)C(=O)O)ccc2C)C1. The van der Waals surface area contributed by atoms with Gasteiger partial charge >= 0.3 is 5.97 Å². The number of hydrogen-bond donors (Lipinski definition) is 1. The lowest BCUT2D eigenvalue weighted by atomic mass is 9.71. The van der Waals surface area contributed by atoms with E-state index < -0.39 is 17.0 Å². The molecular formula is C30H41N5O3. The second kappa shape index (κ2) is 11.3. The summed E-state index contributed by atoms with van der Waals surface area (Å²) in [6.07, 6.45) is 5.89. The minimum absolute atomic E-state index is 0.170. The van der Waals surface area contributed by atoms with Crippen molar-refractivity contribution < 1.29 is 14.6 Å². The number of hydrogen-bond acceptors (Lipinski definition) is 6. The molecule has 1 aromatic carbocycles. The average molecular weight is 520 g/mol. The number of ether oxygens (including phenoxy) is 1. The summed E-state index contributed by atoms with van der Waals surface area (Å²) >= 11 is 0. The third-order valence-corrected chi connectivity index (χ3v) is 8.40. The van der Waals surface area contributed by atoms with Crippen molar-refractivity contribution in [1.82, 2.24) is 24.9 Å². The molecule has 3 heterocycles. The monoisotopic (exact) mass is 519 g/mol. The van der Waals surface area contributed by atoms with Crippen LogP contribution < -0.4 is 0 Å². The van der Waals surface area contributed by atoms with Crippen molar-refractivity contribution in [3.8, 4) is 0 Å². The minimum atomic E-state index is -1.20. The van der Waals surface area contributed by atoms with Crippen LogP contribution in [-0.4, -0.2) is 42.5 Å². The molecule has 0 fully saturated rings. The Morgan fingerprint density at radius 1 is 1.21 bits per heavy atom. The summed E-state index contributed by atoms with van der Waals surface area (Å²) in [5, 5.41) is 18.5. The molecule has 2 atom stereocenters. The largest absolute Gasteiger partial charge is 0.481 e. The van der Waals surface area contributed by atoms with Crippen molar-refractivity contribution in [2.45, 2.75) is 86.2 Å². The maximum Gasteiger partial charge on any atom is 0.312 e. The van der Waals surface area contributed by atoms with Crippen LogP contribution in [0.2, 0.25) is 0 Å². The summed E-state index contributed by atoms with van der Waals surface area (Å²) in [7, 11) is 0. The van der Waals surface area contributed by atoms with Crippen LogP contribution in [-0.2, 0) is 47.8 Å². The molecule has 2 aromatic heterocycles. The highest BCUT2D eigenvalue weighted by molar-refractivity contribution is 5.75. The number of carboxylic acids is 1. The van der Waals surface area contributed by atoms with Gasteiger partial charge in [-0.1, -0.05) is 42.8 Å². The predicted molar refractivity (Wildman–Crippen MR) is 146 cm³/mol. The predicted octanol–water partition coefficient (Wildman–Crippen LogP) is 5.13. The van der Waals surface area contributed by atoms with Crippen LogP contribution in [0.4, 0.5) is 0 Å². The number of nitrogens with zero attached hydrogens (tertiary/aromatic N) is 5. The quantitative estimate of drug-likeness (QED) is 0.397. The lowest BCUT2D eigenvalue weighted by molar-refractivity contribution is -0.177. The molecule has 0 amide bonds. The van der Waals surface area contributed by atoms with Gasteiger partial charge in [-0.15, -0.1) is 5.10 Å². The van der Waals surface area contributed by atoms with E-state index in [1.54, 1.807) is 18.5 Å². The summed E-state index contributed by atoms with van der Waals surface area (Å²) < 4.78 is 8.19. The summed E-state index contributed by atoms with van der Waals surface area (Å²) in [4.78, 5) is 19.6. The smallest absolute Gasteiger partial charge is 0.312 e. The third kappa shape index (κ3) is 5.66. The zero-order chi connectivity index (χ0) is 27.5. The Balaban J connectivity index is 1.65. The summed E-state index contributed by atoms with van der Waals surface area (Å²) in [6.45, 7) is 15.1. The molecular weight excluding hydrogens is 478 g/mol. The van der Waals surface area contributed by atoms with Gasteiger partial charge in [-0.3, -0.25) is 19.4 Å². The van der Waals surface area contributed by atoms with Gasteiger partial charge in [0.1, 0.15) is 11.3 Å². The van der Waals surface area contributed by atoms with E-state index in [2.05, 4.69) is 47.3 Å². The molecule has 4 rings (SSSR count). The molecule has 1 N–H and O–H groups in total. The van der Waals surface area contributed by atoms with Crippen LogP contribution in [0, 0.1) is 18.3 Å². The fourth-order valence-electron chi connectivity index (χ4n) is 5.20. The topological polar surface area (TPSA) is 93.4 Å². The molecule has 0 radical (unpaired) electrons. The first kappa shape index (κ1) is 27.9. The van der Waals surface area contributed by atoms with Crippen LogP contribution in [0.25, 0.3) is 0 Å². The van der Waals surface area contributed by atoms with Crippen molar-refractivity contribution in [3.05, 3.63) is 76.4 Å². The van der Waals surface area contributed by atoms with Crippen LogP contribution >= 0.6 is 0 Å². The number of carboxylic acid groups (broad SMARTS) is 1. The molecule has 204 valence electrons. The van der Waals surface area contributed by atoms with Gasteiger partial charge in [0.25, 0.3) is 0 Å². The normalized spacial score (nSPS) is 18.0. The van der Waals surface area contributed by atoms with E-state index in [9.17, 15) is 9.90 Å². The number of fused-ring (bicyclic) bond motifs is 1. The Kier molecular flexibility index (Phi) is 8.33. The van der Waals surface area contributed by atoms with Crippen LogP contribution in [0.1, 0.15) is 74.7 Å². The molecule has 38 heavy (non-hydrogen) atoms. The second-order valence-corrected chi connectivity index (χ2v) is 11.2. The molecule has 8 nitrogen and oxygen atoms in total. The highest BCUT2D eigenvalue weighted by atomic mass is 16.5. The number of pyridine rings is 1. The van der Waals surface area contributed by atoms with E-state index in [0.717, 1.165) is 43.7 Å². The first-order valence-electron chi connectivity index (χ1n) is 13.6. The lowest BCUT2D eigenvalue weighted by Gasteiger charge is -2.41. The fraction of sp³-hybridized carbons (Fsp3) is 0.533. The van der Waals surface area contributed by atoms with E-state index >= 15 is 0 Å². The molecule has 1 aliphatic rings. The molecule has 0 bridgehead atoms. The van der Waals surface area contributed by atoms with Crippen molar-refractivity contribution in [3.63, 3.8) is 0 Å². The van der Waals surface area contributed by atoms with E-state index in [1.165, 1.54) is 16.7 Å². The zero-order valence-electron chi connectivity index (χ0n) is 23.6. The summed E-state index contributed by atoms with van der Waals surface area (Å²) in [5.41, 5.74) is 4.06. The minimum Gasteiger partial charge on any atom is -0.481 e. The average Bonchev–Trinajstić information content (AvgIpc) is 3.29. The van der Waals surface area contributed by atoms with Crippen molar-refractivity contribution in [1.29, 1.82) is 0 Å². The fourth-order valence-corrected chi connectivity index (χ4v) is 5.20. The molecule has 8 heteroatoms. The van der Waals surface area contributed by atoms with Gasteiger partial charge in [0, 0.05) is 32.4 Å². The summed E-state index contributed by atoms with van der Waals surface area (Å²) in [6, 6.07) is 10.5. The number of aromatic nitrogens is 4. The molecule has 0 aliphatic carbocycles. The van der Waals surface area contributed by atoms with Crippen LogP contribution in [0.15, 0.2) is 42.7 Å². The van der Waals surface area contributed by atoms with Gasteiger partial charge in [-0.05, 0) is 75.3 Å². The number of aliphatic carboxylic acids is 1. The highest BCUT2D eigenvalue weighted by Crippen LogP contribution is 2.44. The maximum atomic E-state index is 12.5. The molecule has 3 aromatic rings. The lowest BCUT2D eigenvalue weighted by Crippen LogP contribution is -2.47. The van der Waals surface area contributed by atoms with Crippen molar-refractivity contribution >= 4 is 5.97 Å². The van der Waals surface area contributed by atoms with Crippen molar-refractivity contribution in [2.24, 2.45) is 11.3 Å². The Hall–Kier alpha value is -3.10. The van der Waals surface area contributed by atoms with Gasteiger partial charge < -0.3 is 9.84 Å². The van der Waals surface area contributed by atoms with Gasteiger partial charge in [-0.2, -0.15) is 0 Å². The number of rotatable bonds is 10. The van der Waals surface area contributed by atoms with Crippen LogP contribution in [0.5, 0.6) is 0 Å². The van der Waals surface area contributed by atoms with Gasteiger partial charge in [0.15, 0.2) is 0 Å². The first-order valence-corrected chi connectivity index (χ1v) is 13.6. The van der Waals surface area contributed by atoms with E-state index in [-0.39, 0.29) is 6.61 Å². The molecule has 0 spiro atoms. The van der Waals surface area contributed by atoms with Gasteiger partial charge in [-0.25, -0.2) is 0 Å². The van der Waals surface area contributed by atoms with Crippen LogP contribution in [0.3, 0.4) is 0 Å². The standard InChI is InChI=1S/C30H41N5O3/c1-7-22-14-23-10-9-13-31-27(23)19-34(16-22)17-24-15-25(12-11-21(24)3)30(6,29(4,5)28(36)37)38-20-26-18-35(8-2)33-32-26/h9-13,15,18,22H,7-8,14,16-17,19-20H2,1-6H3,(H,36,37)/t22-,30-/m0/s1. The number of carbonyl (C=O) groups is 1. The van der Waals surface area contributed by atoms with E-state index in [0.29, 0.717) is 18.2 Å². The third-order valence-electron chi connectivity index (χ3n) is 8.40. The molecule has 1 aliphatic heterocycles. The Morgan fingerprint density at radius 2 is 2.00 bits per heavy atom. The Bertz CT molecular complexity index is 1270. The zero-order valence-corrected chi connectivity index (χ0v) is 23.6. The highest BCUT2D eigenvalue weighted by Gasteiger charge is 2.49. The first-order chi connectivity index (χ1) is 18.1. The molecule has 0 saturated carbocycles. The maximum absolute atomic E-state index is 12.5. The number of aryl methyl sites for hydroxylation is 2. The molecule has 0 saturated heterocycles. The molecule has 0 unspecified atom stereocenters. The van der Waals surface area contributed by atoms with Crippen molar-refractivity contribution in [2.75, 3.05) is 6.54 Å². The van der Waals surface area contributed by atoms with Gasteiger partial charge in [0.2, 0.25) is 0 Å². The van der Waals surface area contributed by atoms with E-state index in [4.69, 9.17) is 9.72 Å². The number of benzene rings is 1. The van der Waals surface area contributed by atoms with E-state index in [1.807, 2.05) is 38.4 Å². The summed E-state index contributed by atoms with van der Waals surface area (Å²) in [5.74, 6) is -0.347.